The molecule has 0 aromatic carbocycles. The van der Waals surface area contributed by atoms with Crippen molar-refractivity contribution in [3.05, 3.63) is 11.5 Å². The molecule has 2 heterocycles. The maximum absolute atomic E-state index is 14.5. The Hall–Kier alpha value is -1.63. The van der Waals surface area contributed by atoms with Crippen LogP contribution in [0.25, 0.3) is 10.9 Å². The van der Waals surface area contributed by atoms with E-state index in [1.54, 1.807) is 0 Å². The van der Waals surface area contributed by atoms with Crippen LogP contribution in [0.5, 0.6) is 5.88 Å². The van der Waals surface area contributed by atoms with Crippen LogP contribution in [0.3, 0.4) is 0 Å². The van der Waals surface area contributed by atoms with Gasteiger partial charge in [-0.2, -0.15) is 0 Å². The van der Waals surface area contributed by atoms with Gasteiger partial charge in [-0.05, 0) is 19.1 Å². The number of methoxy groups -OCH3 is 1. The molecule has 7 heteroatoms. The highest BCUT2D eigenvalue weighted by Gasteiger charge is 2.31. The molecular weight excluding hydrogens is 267 g/mol. The highest BCUT2D eigenvalue weighted by Crippen LogP contribution is 2.43. The Labute approximate surface area is 113 Å². The number of halogens is 1. The van der Waals surface area contributed by atoms with Gasteiger partial charge in [-0.1, -0.05) is 11.8 Å². The summed E-state index contributed by atoms with van der Waals surface area (Å²) in [5.74, 6) is 0.262. The van der Waals surface area contributed by atoms with Crippen molar-refractivity contribution in [2.24, 2.45) is 0 Å². The highest BCUT2D eigenvalue weighted by molar-refractivity contribution is 7.98. The number of nitrogens with zero attached hydrogens (tertiary/aromatic N) is 3. The molecule has 0 bridgehead atoms. The van der Waals surface area contributed by atoms with E-state index in [2.05, 4.69) is 15.0 Å². The van der Waals surface area contributed by atoms with Crippen LogP contribution in [0.1, 0.15) is 24.5 Å². The van der Waals surface area contributed by atoms with Gasteiger partial charge in [-0.3, -0.25) is 0 Å². The molecule has 0 aliphatic heterocycles. The molecule has 0 radical (unpaired) electrons. The average molecular weight is 280 g/mol. The van der Waals surface area contributed by atoms with Crippen LogP contribution in [0.2, 0.25) is 0 Å². The third-order valence-corrected chi connectivity index (χ3v) is 3.67. The second-order valence-corrected chi connectivity index (χ2v) is 5.19. The van der Waals surface area contributed by atoms with Crippen molar-refractivity contribution in [1.82, 2.24) is 15.0 Å². The third kappa shape index (κ3) is 1.98. The van der Waals surface area contributed by atoms with Crippen LogP contribution in [0.15, 0.2) is 5.16 Å². The largest absolute Gasteiger partial charge is 0.480 e. The van der Waals surface area contributed by atoms with Gasteiger partial charge in [0.25, 0.3) is 0 Å². The van der Waals surface area contributed by atoms with E-state index in [4.69, 9.17) is 10.5 Å². The smallest absolute Gasteiger partial charge is 0.226 e. The third-order valence-electron chi connectivity index (χ3n) is 3.13. The summed E-state index contributed by atoms with van der Waals surface area (Å²) in [5, 5.41) is 0.793. The summed E-state index contributed by atoms with van der Waals surface area (Å²) >= 11 is 1.32. The van der Waals surface area contributed by atoms with Crippen LogP contribution >= 0.6 is 11.8 Å². The zero-order chi connectivity index (χ0) is 13.6. The SMILES string of the molecule is COc1nc(C2CC2)c(F)c2nc(SC)nc(N)c12. The number of pyridine rings is 1. The maximum atomic E-state index is 14.5. The minimum Gasteiger partial charge on any atom is -0.480 e. The van der Waals surface area contributed by atoms with Gasteiger partial charge in [0.15, 0.2) is 11.0 Å². The molecular formula is C12H13FN4OS. The summed E-state index contributed by atoms with van der Waals surface area (Å²) in [5.41, 5.74) is 6.49. The van der Waals surface area contributed by atoms with Gasteiger partial charge in [0.1, 0.15) is 16.7 Å². The second kappa shape index (κ2) is 4.48. The molecule has 1 saturated carbocycles. The fourth-order valence-electron chi connectivity index (χ4n) is 2.03. The van der Waals surface area contributed by atoms with Gasteiger partial charge < -0.3 is 10.5 Å². The number of rotatable bonds is 3. The van der Waals surface area contributed by atoms with Gasteiger partial charge in [0.2, 0.25) is 5.88 Å². The first-order valence-electron chi connectivity index (χ1n) is 5.90. The zero-order valence-electron chi connectivity index (χ0n) is 10.6. The number of nitrogens with two attached hydrogens (primary N) is 1. The molecule has 2 aromatic rings. The van der Waals surface area contributed by atoms with E-state index in [9.17, 15) is 4.39 Å². The molecule has 3 rings (SSSR count). The van der Waals surface area contributed by atoms with Gasteiger partial charge in [-0.15, -0.1) is 0 Å². The molecule has 1 fully saturated rings. The average Bonchev–Trinajstić information content (AvgIpc) is 3.24. The minimum absolute atomic E-state index is 0.173. The fourth-order valence-corrected chi connectivity index (χ4v) is 2.40. The van der Waals surface area contributed by atoms with Crippen molar-refractivity contribution in [3.63, 3.8) is 0 Å². The molecule has 0 unspecified atom stereocenters. The molecule has 2 aromatic heterocycles. The number of thioether (sulfide) groups is 1. The molecule has 0 spiro atoms. The van der Waals surface area contributed by atoms with Crippen LogP contribution < -0.4 is 10.5 Å². The quantitative estimate of drug-likeness (QED) is 0.687. The number of hydrogen-bond donors (Lipinski definition) is 1. The lowest BCUT2D eigenvalue weighted by Crippen LogP contribution is -2.05. The Balaban J connectivity index is 2.36. The van der Waals surface area contributed by atoms with Gasteiger partial charge in [-0.25, -0.2) is 19.3 Å². The van der Waals surface area contributed by atoms with Gasteiger partial charge in [0, 0.05) is 5.92 Å². The molecule has 100 valence electrons. The first-order valence-corrected chi connectivity index (χ1v) is 7.12. The number of ether oxygens (including phenoxy) is 1. The first kappa shape index (κ1) is 12.4. The standard InChI is InChI=1S/C12H13FN4OS/c1-18-11-6-9(16-12(19-2)17-10(6)14)7(13)8(15-11)5-3-4-5/h5H,3-4H2,1-2H3,(H2,14,16,17). The minimum atomic E-state index is -0.400. The molecule has 1 aliphatic carbocycles. The number of nitrogen functional groups attached to an aromatic ring is 1. The zero-order valence-corrected chi connectivity index (χ0v) is 11.4. The lowest BCUT2D eigenvalue weighted by atomic mass is 10.2. The van der Waals surface area contributed by atoms with E-state index in [1.165, 1.54) is 18.9 Å². The van der Waals surface area contributed by atoms with E-state index in [0.717, 1.165) is 12.8 Å². The first-order chi connectivity index (χ1) is 9.15. The van der Waals surface area contributed by atoms with E-state index in [-0.39, 0.29) is 17.3 Å². The Kier molecular flexibility index (Phi) is 2.93. The summed E-state index contributed by atoms with van der Waals surface area (Å²) in [4.78, 5) is 12.5. The summed E-state index contributed by atoms with van der Waals surface area (Å²) in [6.45, 7) is 0. The highest BCUT2D eigenvalue weighted by atomic mass is 32.2. The molecule has 19 heavy (non-hydrogen) atoms. The summed E-state index contributed by atoms with van der Waals surface area (Å²) in [6, 6.07) is 0. The summed E-state index contributed by atoms with van der Waals surface area (Å²) in [6.07, 6.45) is 3.72. The monoisotopic (exact) mass is 280 g/mol. The van der Waals surface area contributed by atoms with Crippen molar-refractivity contribution in [2.45, 2.75) is 23.9 Å². The lowest BCUT2D eigenvalue weighted by Gasteiger charge is -2.11. The van der Waals surface area contributed by atoms with E-state index >= 15 is 0 Å². The molecule has 0 saturated heterocycles. The fraction of sp³-hybridized carbons (Fsp3) is 0.417. The summed E-state index contributed by atoms with van der Waals surface area (Å²) < 4.78 is 19.7. The lowest BCUT2D eigenvalue weighted by molar-refractivity contribution is 0.399. The Morgan fingerprint density at radius 1 is 1.32 bits per heavy atom. The van der Waals surface area contributed by atoms with Gasteiger partial charge in [0.05, 0.1) is 12.8 Å². The van der Waals surface area contributed by atoms with Crippen LogP contribution in [-0.2, 0) is 0 Å². The van der Waals surface area contributed by atoms with Gasteiger partial charge >= 0.3 is 0 Å². The molecule has 2 N–H and O–H groups in total. The normalized spacial score (nSPS) is 14.9. The Morgan fingerprint density at radius 2 is 2.05 bits per heavy atom. The van der Waals surface area contributed by atoms with Crippen LogP contribution in [0, 0.1) is 5.82 Å². The molecule has 0 amide bonds. The molecule has 1 aliphatic rings. The van der Waals surface area contributed by atoms with Crippen LogP contribution in [0.4, 0.5) is 10.2 Å². The number of hydrogen-bond acceptors (Lipinski definition) is 6. The number of anilines is 1. The van der Waals surface area contributed by atoms with Crippen LogP contribution in [-0.4, -0.2) is 28.3 Å². The predicted octanol–water partition coefficient (Wildman–Crippen LogP) is 2.35. The van der Waals surface area contributed by atoms with Crippen molar-refractivity contribution >= 4 is 28.5 Å². The number of aromatic nitrogens is 3. The van der Waals surface area contributed by atoms with Crippen molar-refractivity contribution in [3.8, 4) is 5.88 Å². The van der Waals surface area contributed by atoms with E-state index in [1.807, 2.05) is 6.26 Å². The Morgan fingerprint density at radius 3 is 2.63 bits per heavy atom. The molecule has 0 atom stereocenters. The predicted molar refractivity (Wildman–Crippen MR) is 72.0 cm³/mol. The maximum Gasteiger partial charge on any atom is 0.226 e. The Bertz CT molecular complexity index is 660. The topological polar surface area (TPSA) is 73.9 Å². The molecule has 5 nitrogen and oxygen atoms in total. The van der Waals surface area contributed by atoms with Crippen molar-refractivity contribution in [1.29, 1.82) is 0 Å². The van der Waals surface area contributed by atoms with Crippen molar-refractivity contribution < 1.29 is 9.13 Å². The van der Waals surface area contributed by atoms with E-state index in [0.29, 0.717) is 22.1 Å². The van der Waals surface area contributed by atoms with E-state index < -0.39 is 5.82 Å². The van der Waals surface area contributed by atoms with Crippen molar-refractivity contribution in [2.75, 3.05) is 19.1 Å². The second-order valence-electron chi connectivity index (χ2n) is 4.41. The number of fused-ring (bicyclic) bond motifs is 1. The summed E-state index contributed by atoms with van der Waals surface area (Å²) in [7, 11) is 1.48.